The number of sulfone groups is 1. The highest BCUT2D eigenvalue weighted by atomic mass is 32.2. The summed E-state index contributed by atoms with van der Waals surface area (Å²) in [7, 11) is -3.07. The molecule has 0 spiro atoms. The lowest BCUT2D eigenvalue weighted by atomic mass is 9.97. The first-order valence-electron chi connectivity index (χ1n) is 8.13. The summed E-state index contributed by atoms with van der Waals surface area (Å²) in [5.74, 6) is 0.189. The highest BCUT2D eigenvalue weighted by Gasteiger charge is 2.20. The first-order chi connectivity index (χ1) is 10.9. The zero-order valence-electron chi connectivity index (χ0n) is 13.7. The van der Waals surface area contributed by atoms with Gasteiger partial charge in [0.05, 0.1) is 5.75 Å². The predicted molar refractivity (Wildman–Crippen MR) is 91.8 cm³/mol. The van der Waals surface area contributed by atoms with Gasteiger partial charge in [0.1, 0.15) is 9.84 Å². The number of nitrogens with one attached hydrogen (secondary N) is 1. The minimum atomic E-state index is -3.07. The Bertz CT molecular complexity index is 602. The van der Waals surface area contributed by atoms with Crippen molar-refractivity contribution in [2.45, 2.75) is 25.8 Å². The third kappa shape index (κ3) is 7.14. The predicted octanol–water partition coefficient (Wildman–Crippen LogP) is 1.45. The van der Waals surface area contributed by atoms with Gasteiger partial charge < -0.3 is 5.32 Å². The van der Waals surface area contributed by atoms with Gasteiger partial charge in [-0.15, -0.1) is 0 Å². The molecule has 0 aromatic heterocycles. The van der Waals surface area contributed by atoms with Crippen molar-refractivity contribution in [2.75, 3.05) is 31.6 Å². The maximum absolute atomic E-state index is 11.7. The van der Waals surface area contributed by atoms with Crippen LogP contribution < -0.4 is 5.32 Å². The third-order valence-electron chi connectivity index (χ3n) is 4.14. The molecule has 1 aliphatic heterocycles. The van der Waals surface area contributed by atoms with Crippen LogP contribution in [0.5, 0.6) is 0 Å². The van der Waals surface area contributed by atoms with E-state index in [1.165, 1.54) is 5.56 Å². The van der Waals surface area contributed by atoms with Crippen molar-refractivity contribution in [2.24, 2.45) is 5.92 Å². The normalized spacial score (nSPS) is 19.4. The van der Waals surface area contributed by atoms with E-state index in [0.717, 1.165) is 38.7 Å². The van der Waals surface area contributed by atoms with Gasteiger partial charge in [0.25, 0.3) is 0 Å². The van der Waals surface area contributed by atoms with Gasteiger partial charge in [-0.1, -0.05) is 30.3 Å². The standard InChI is InChI=1S/C17H26N2O3S/c1-23(21,22)11-9-17(20)18-12-16-8-5-10-19(14-16)13-15-6-3-2-4-7-15/h2-4,6-7,16H,5,8-14H2,1H3,(H,18,20). The van der Waals surface area contributed by atoms with Crippen LogP contribution in [-0.2, 0) is 21.2 Å². The van der Waals surface area contributed by atoms with Crippen LogP contribution in [0.2, 0.25) is 0 Å². The number of benzene rings is 1. The summed E-state index contributed by atoms with van der Waals surface area (Å²) in [4.78, 5) is 14.1. The number of hydrogen-bond acceptors (Lipinski definition) is 4. The summed E-state index contributed by atoms with van der Waals surface area (Å²) in [6.45, 7) is 3.64. The summed E-state index contributed by atoms with van der Waals surface area (Å²) in [5.41, 5.74) is 1.31. The molecule has 128 valence electrons. The second-order valence-corrected chi connectivity index (χ2v) is 8.67. The Morgan fingerprint density at radius 2 is 2.04 bits per heavy atom. The number of carbonyl (C=O) groups excluding carboxylic acids is 1. The summed E-state index contributed by atoms with van der Waals surface area (Å²) in [5, 5.41) is 2.88. The molecule has 1 N–H and O–H groups in total. The average Bonchev–Trinajstić information content (AvgIpc) is 2.52. The Morgan fingerprint density at radius 1 is 1.30 bits per heavy atom. The van der Waals surface area contributed by atoms with Crippen molar-refractivity contribution in [1.82, 2.24) is 10.2 Å². The van der Waals surface area contributed by atoms with Gasteiger partial charge in [-0.25, -0.2) is 8.42 Å². The average molecular weight is 338 g/mol. The first-order valence-corrected chi connectivity index (χ1v) is 10.2. The molecule has 0 saturated carbocycles. The van der Waals surface area contributed by atoms with E-state index in [2.05, 4.69) is 34.5 Å². The van der Waals surface area contributed by atoms with Crippen molar-refractivity contribution in [3.63, 3.8) is 0 Å². The van der Waals surface area contributed by atoms with E-state index in [-0.39, 0.29) is 18.1 Å². The Morgan fingerprint density at radius 3 is 2.74 bits per heavy atom. The molecule has 1 fully saturated rings. The Hall–Kier alpha value is -1.40. The van der Waals surface area contributed by atoms with Gasteiger partial charge in [0, 0.05) is 32.3 Å². The van der Waals surface area contributed by atoms with E-state index in [1.54, 1.807) is 0 Å². The fourth-order valence-corrected chi connectivity index (χ4v) is 3.48. The quantitative estimate of drug-likeness (QED) is 0.817. The minimum Gasteiger partial charge on any atom is -0.356 e. The highest BCUT2D eigenvalue weighted by molar-refractivity contribution is 7.90. The summed E-state index contributed by atoms with van der Waals surface area (Å²) < 4.78 is 22.1. The van der Waals surface area contributed by atoms with Crippen LogP contribution in [0.3, 0.4) is 0 Å². The molecule has 6 heteroatoms. The molecule has 0 aliphatic carbocycles. The van der Waals surface area contributed by atoms with E-state index in [1.807, 2.05) is 6.07 Å². The molecule has 1 atom stereocenters. The number of nitrogens with zero attached hydrogens (tertiary/aromatic N) is 1. The molecule has 5 nitrogen and oxygen atoms in total. The van der Waals surface area contributed by atoms with E-state index in [4.69, 9.17) is 0 Å². The van der Waals surface area contributed by atoms with Crippen LogP contribution in [-0.4, -0.2) is 50.9 Å². The van der Waals surface area contributed by atoms with E-state index >= 15 is 0 Å². The number of hydrogen-bond donors (Lipinski definition) is 1. The monoisotopic (exact) mass is 338 g/mol. The molecular formula is C17H26N2O3S. The molecule has 0 radical (unpaired) electrons. The van der Waals surface area contributed by atoms with Crippen LogP contribution in [0.4, 0.5) is 0 Å². The summed E-state index contributed by atoms with van der Waals surface area (Å²) in [6, 6.07) is 10.4. The number of carbonyl (C=O) groups is 1. The van der Waals surface area contributed by atoms with Crippen LogP contribution in [0.1, 0.15) is 24.8 Å². The van der Waals surface area contributed by atoms with Crippen molar-refractivity contribution in [3.05, 3.63) is 35.9 Å². The molecule has 1 heterocycles. The lowest BCUT2D eigenvalue weighted by molar-refractivity contribution is -0.121. The molecule has 2 rings (SSSR count). The lowest BCUT2D eigenvalue weighted by Crippen LogP contribution is -2.40. The topological polar surface area (TPSA) is 66.5 Å². The number of likely N-dealkylation sites (tertiary alicyclic amines) is 1. The zero-order valence-corrected chi connectivity index (χ0v) is 14.5. The SMILES string of the molecule is CS(=O)(=O)CCC(=O)NCC1CCCN(Cc2ccccc2)C1. The van der Waals surface area contributed by atoms with Gasteiger partial charge in [-0.3, -0.25) is 9.69 Å². The molecule has 1 aliphatic rings. The first kappa shape index (κ1) is 17.9. The van der Waals surface area contributed by atoms with Gasteiger partial charge in [0.2, 0.25) is 5.91 Å². The van der Waals surface area contributed by atoms with Gasteiger partial charge in [0.15, 0.2) is 0 Å². The number of amides is 1. The van der Waals surface area contributed by atoms with Crippen molar-refractivity contribution in [1.29, 1.82) is 0 Å². The van der Waals surface area contributed by atoms with Crippen LogP contribution in [0.25, 0.3) is 0 Å². The number of piperidine rings is 1. The fourth-order valence-electron chi connectivity index (χ4n) is 2.93. The molecule has 1 aromatic rings. The van der Waals surface area contributed by atoms with Crippen LogP contribution in [0.15, 0.2) is 30.3 Å². The molecule has 0 bridgehead atoms. The molecule has 1 amide bonds. The molecule has 1 unspecified atom stereocenters. The molecular weight excluding hydrogens is 312 g/mol. The maximum atomic E-state index is 11.7. The van der Waals surface area contributed by atoms with Crippen molar-refractivity contribution >= 4 is 15.7 Å². The Balaban J connectivity index is 1.72. The summed E-state index contributed by atoms with van der Waals surface area (Å²) in [6.07, 6.45) is 3.45. The number of rotatable bonds is 7. The molecule has 1 aromatic carbocycles. The maximum Gasteiger partial charge on any atom is 0.221 e. The fraction of sp³-hybridized carbons (Fsp3) is 0.588. The second kappa shape index (κ2) is 8.45. The second-order valence-electron chi connectivity index (χ2n) is 6.41. The third-order valence-corrected chi connectivity index (χ3v) is 5.09. The summed E-state index contributed by atoms with van der Waals surface area (Å²) >= 11 is 0. The van der Waals surface area contributed by atoms with E-state index in [0.29, 0.717) is 12.5 Å². The van der Waals surface area contributed by atoms with E-state index in [9.17, 15) is 13.2 Å². The largest absolute Gasteiger partial charge is 0.356 e. The molecule has 23 heavy (non-hydrogen) atoms. The Kier molecular flexibility index (Phi) is 6.59. The van der Waals surface area contributed by atoms with Crippen LogP contribution >= 0.6 is 0 Å². The van der Waals surface area contributed by atoms with Crippen molar-refractivity contribution < 1.29 is 13.2 Å². The van der Waals surface area contributed by atoms with E-state index < -0.39 is 9.84 Å². The van der Waals surface area contributed by atoms with Gasteiger partial charge in [-0.2, -0.15) is 0 Å². The Labute approximate surface area is 139 Å². The highest BCUT2D eigenvalue weighted by Crippen LogP contribution is 2.18. The molecule has 1 saturated heterocycles. The van der Waals surface area contributed by atoms with Crippen LogP contribution in [0, 0.1) is 5.92 Å². The van der Waals surface area contributed by atoms with Gasteiger partial charge >= 0.3 is 0 Å². The zero-order chi connectivity index (χ0) is 16.7. The smallest absolute Gasteiger partial charge is 0.221 e. The van der Waals surface area contributed by atoms with Gasteiger partial charge in [-0.05, 0) is 30.9 Å². The minimum absolute atomic E-state index is 0.0548. The lowest BCUT2D eigenvalue weighted by Gasteiger charge is -2.32. The van der Waals surface area contributed by atoms with Crippen molar-refractivity contribution in [3.8, 4) is 0 Å².